The molecule has 0 aliphatic carbocycles. The minimum Gasteiger partial charge on any atom is -0.496 e. The second kappa shape index (κ2) is 13.0. The van der Waals surface area contributed by atoms with Gasteiger partial charge in [-0.1, -0.05) is 53.4 Å². The lowest BCUT2D eigenvalue weighted by molar-refractivity contribution is -0.139. The van der Waals surface area contributed by atoms with E-state index in [1.54, 1.807) is 36.4 Å². The predicted molar refractivity (Wildman–Crippen MR) is 152 cm³/mol. The Morgan fingerprint density at radius 2 is 1.74 bits per heavy atom. The van der Waals surface area contributed by atoms with Crippen LogP contribution < -0.4 is 15.4 Å². The zero-order valence-corrected chi connectivity index (χ0v) is 24.5. The van der Waals surface area contributed by atoms with Gasteiger partial charge in [0, 0.05) is 41.1 Å². The number of nitrogens with one attached hydrogen (secondary N) is 1. The van der Waals surface area contributed by atoms with Gasteiger partial charge in [-0.2, -0.15) is 0 Å². The van der Waals surface area contributed by atoms with E-state index in [1.165, 1.54) is 38.5 Å². The number of ether oxygens (including phenoxy) is 1. The van der Waals surface area contributed by atoms with Gasteiger partial charge in [-0.25, -0.2) is 8.42 Å². The average Bonchev–Trinajstić information content (AvgIpc) is 2.90. The molecule has 0 saturated heterocycles. The van der Waals surface area contributed by atoms with Crippen LogP contribution in [0.3, 0.4) is 0 Å². The summed E-state index contributed by atoms with van der Waals surface area (Å²) in [6, 6.07) is 14.9. The Hall–Kier alpha value is -2.83. The lowest BCUT2D eigenvalue weighted by Gasteiger charge is -2.17. The lowest BCUT2D eigenvalue weighted by atomic mass is 10.1. The van der Waals surface area contributed by atoms with Crippen molar-refractivity contribution in [3.8, 4) is 17.3 Å². The fourth-order valence-electron chi connectivity index (χ4n) is 3.67. The molecule has 3 aromatic carbocycles. The first kappa shape index (κ1) is 30.7. The number of hydrogen-bond donors (Lipinski definition) is 2. The number of carboxylic acids is 1. The van der Waals surface area contributed by atoms with Gasteiger partial charge < -0.3 is 14.4 Å². The van der Waals surface area contributed by atoms with Crippen molar-refractivity contribution in [2.45, 2.75) is 23.9 Å². The molecule has 8 nitrogen and oxygen atoms in total. The van der Waals surface area contributed by atoms with Gasteiger partial charge in [-0.05, 0) is 54.0 Å². The second-order valence-electron chi connectivity index (χ2n) is 8.46. The molecule has 0 saturated carbocycles. The molecule has 3 aromatic rings. The lowest BCUT2D eigenvalue weighted by Crippen LogP contribution is -2.38. The Labute approximate surface area is 237 Å². The molecule has 2 N–H and O–H groups in total. The molecular formula is C27H26Cl2NO7PS. The highest BCUT2D eigenvalue weighted by atomic mass is 35.5. The van der Waals surface area contributed by atoms with Crippen LogP contribution in [-0.2, 0) is 36.7 Å². The minimum absolute atomic E-state index is 0.0197. The number of methoxy groups -OCH3 is 1. The Balaban J connectivity index is 1.81. The van der Waals surface area contributed by atoms with Gasteiger partial charge in [0.25, 0.3) is 0 Å². The molecule has 39 heavy (non-hydrogen) atoms. The van der Waals surface area contributed by atoms with Crippen molar-refractivity contribution in [1.29, 1.82) is 0 Å². The summed E-state index contributed by atoms with van der Waals surface area (Å²) in [5.74, 6) is 2.06. The maximum atomic E-state index is 13.4. The highest BCUT2D eigenvalue weighted by molar-refractivity contribution is 7.90. The van der Waals surface area contributed by atoms with Crippen LogP contribution in [0.15, 0.2) is 65.6 Å². The van der Waals surface area contributed by atoms with Gasteiger partial charge >= 0.3 is 13.3 Å². The SMILES string of the molecule is COc1ccccc1P(=O)(C#Cc1cc(Cl)c(CNC(Cc2cccc(S(C)(=O)=O)c2)C(=O)O)c(Cl)c1)OC. The number of hydrogen-bond acceptors (Lipinski definition) is 7. The topological polar surface area (TPSA) is 119 Å². The van der Waals surface area contributed by atoms with Crippen LogP contribution >= 0.6 is 30.6 Å². The highest BCUT2D eigenvalue weighted by Gasteiger charge is 2.26. The quantitative estimate of drug-likeness (QED) is 0.250. The number of benzene rings is 3. The first-order valence-corrected chi connectivity index (χ1v) is 15.7. The number of sulfone groups is 1. The van der Waals surface area contributed by atoms with Crippen LogP contribution in [0.2, 0.25) is 10.0 Å². The fraction of sp³-hybridized carbons (Fsp3) is 0.222. The van der Waals surface area contributed by atoms with E-state index >= 15 is 0 Å². The summed E-state index contributed by atoms with van der Waals surface area (Å²) in [5, 5.41) is 13.4. The Morgan fingerprint density at radius 3 is 2.33 bits per heavy atom. The van der Waals surface area contributed by atoms with E-state index < -0.39 is 29.2 Å². The van der Waals surface area contributed by atoms with Crippen molar-refractivity contribution < 1.29 is 32.1 Å². The zero-order chi connectivity index (χ0) is 28.8. The van der Waals surface area contributed by atoms with Gasteiger partial charge in [0.2, 0.25) is 0 Å². The molecular weight excluding hydrogens is 584 g/mol. The van der Waals surface area contributed by atoms with E-state index in [4.69, 9.17) is 32.5 Å². The molecule has 2 atom stereocenters. The Kier molecular flexibility index (Phi) is 10.2. The van der Waals surface area contributed by atoms with Crippen LogP contribution in [0.1, 0.15) is 16.7 Å². The molecule has 0 aromatic heterocycles. The molecule has 0 amide bonds. The van der Waals surface area contributed by atoms with Crippen molar-refractivity contribution in [1.82, 2.24) is 5.32 Å². The number of halogens is 2. The number of aliphatic carboxylic acids is 1. The molecule has 0 fully saturated rings. The summed E-state index contributed by atoms with van der Waals surface area (Å²) in [6.07, 6.45) is 1.12. The molecule has 0 aliphatic heterocycles. The molecule has 3 rings (SSSR count). The largest absolute Gasteiger partial charge is 0.496 e. The van der Waals surface area contributed by atoms with Crippen LogP contribution in [0, 0.1) is 11.6 Å². The van der Waals surface area contributed by atoms with Crippen LogP contribution in [0.25, 0.3) is 0 Å². The Morgan fingerprint density at radius 1 is 1.08 bits per heavy atom. The molecule has 0 radical (unpaired) electrons. The van der Waals surface area contributed by atoms with Gasteiger partial charge in [-0.15, -0.1) is 0 Å². The summed E-state index contributed by atoms with van der Waals surface area (Å²) in [6.45, 7) is 0.0197. The minimum atomic E-state index is -3.59. The zero-order valence-electron chi connectivity index (χ0n) is 21.3. The summed E-state index contributed by atoms with van der Waals surface area (Å²) in [4.78, 5) is 12.0. The molecule has 0 spiro atoms. The number of para-hydroxylation sites is 1. The van der Waals surface area contributed by atoms with Gasteiger partial charge in [0.15, 0.2) is 9.84 Å². The van der Waals surface area contributed by atoms with Crippen LogP contribution in [0.5, 0.6) is 5.75 Å². The van der Waals surface area contributed by atoms with Crippen LogP contribution in [0.4, 0.5) is 0 Å². The van der Waals surface area contributed by atoms with Crippen molar-refractivity contribution in [3.63, 3.8) is 0 Å². The molecule has 12 heteroatoms. The van der Waals surface area contributed by atoms with Crippen molar-refractivity contribution >= 4 is 51.7 Å². The average molecular weight is 610 g/mol. The summed E-state index contributed by atoms with van der Waals surface area (Å²) in [5.41, 5.74) is 4.05. The smallest absolute Gasteiger partial charge is 0.321 e. The molecule has 2 unspecified atom stereocenters. The van der Waals surface area contributed by atoms with E-state index in [-0.39, 0.29) is 27.9 Å². The van der Waals surface area contributed by atoms with Gasteiger partial charge in [0.05, 0.1) is 17.3 Å². The number of carboxylic acid groups (broad SMARTS) is 1. The third kappa shape index (κ3) is 7.86. The maximum Gasteiger partial charge on any atom is 0.321 e. The molecule has 206 valence electrons. The Bertz CT molecular complexity index is 1580. The van der Waals surface area contributed by atoms with Crippen molar-refractivity contribution in [2.24, 2.45) is 0 Å². The number of rotatable bonds is 10. The first-order chi connectivity index (χ1) is 18.4. The van der Waals surface area contributed by atoms with Crippen molar-refractivity contribution in [2.75, 3.05) is 20.5 Å². The third-order valence-corrected chi connectivity index (χ3v) is 9.45. The van der Waals surface area contributed by atoms with Crippen molar-refractivity contribution in [3.05, 3.63) is 87.4 Å². The molecule has 0 bridgehead atoms. The molecule has 0 heterocycles. The van der Waals surface area contributed by atoms with Gasteiger partial charge in [0.1, 0.15) is 11.8 Å². The van der Waals surface area contributed by atoms with E-state index in [9.17, 15) is 22.9 Å². The maximum absolute atomic E-state index is 13.4. The summed E-state index contributed by atoms with van der Waals surface area (Å²) < 4.78 is 47.6. The van der Waals surface area contributed by atoms with E-state index in [2.05, 4.69) is 16.9 Å². The van der Waals surface area contributed by atoms with Gasteiger partial charge in [-0.3, -0.25) is 14.7 Å². The predicted octanol–water partition coefficient (Wildman–Crippen LogP) is 4.75. The third-order valence-electron chi connectivity index (χ3n) is 5.74. The van der Waals surface area contributed by atoms with E-state index in [1.807, 2.05) is 0 Å². The number of carbonyl (C=O) groups is 1. The van der Waals surface area contributed by atoms with E-state index in [0.717, 1.165) is 6.26 Å². The summed E-state index contributed by atoms with van der Waals surface area (Å²) >= 11 is 12.9. The highest BCUT2D eigenvalue weighted by Crippen LogP contribution is 2.46. The van der Waals surface area contributed by atoms with E-state index in [0.29, 0.717) is 27.7 Å². The monoisotopic (exact) mass is 609 g/mol. The summed E-state index contributed by atoms with van der Waals surface area (Å²) in [7, 11) is -4.26. The first-order valence-electron chi connectivity index (χ1n) is 11.4. The standard InChI is InChI=1S/C27H26Cl2NO7PS/c1-36-25-9-4-5-10-26(25)38(33,37-2)12-11-19-14-22(28)21(23(29)15-19)17-30-24(27(31)32)16-18-7-6-8-20(13-18)39(3,34)35/h4-10,13-15,24,30H,16-17H2,1-3H3,(H,31,32). The second-order valence-corrected chi connectivity index (χ2v) is 13.5. The normalized spacial score (nSPS) is 13.6. The van der Waals surface area contributed by atoms with Crippen LogP contribution in [-0.4, -0.2) is 46.0 Å². The fourth-order valence-corrected chi connectivity index (χ4v) is 6.41. The molecule has 0 aliphatic rings.